The van der Waals surface area contributed by atoms with Gasteiger partial charge in [-0.05, 0) is 80.5 Å². The molecule has 5 rings (SSSR count). The number of aromatic hydroxyl groups is 1. The third kappa shape index (κ3) is 7.71. The number of ether oxygens (including phenoxy) is 2. The van der Waals surface area contributed by atoms with Gasteiger partial charge >= 0.3 is 12.1 Å². The topological polar surface area (TPSA) is 144 Å². The third-order valence-corrected chi connectivity index (χ3v) is 8.94. The Morgan fingerprint density at radius 1 is 1.26 bits per heavy atom. The second-order valence-electron chi connectivity index (χ2n) is 14.0. The molecule has 2 aromatic rings. The highest BCUT2D eigenvalue weighted by molar-refractivity contribution is 5.87. The number of carbonyl (C=O) groups excluding carboxylic acids is 3. The summed E-state index contributed by atoms with van der Waals surface area (Å²) in [6, 6.07) is 11.8. The summed E-state index contributed by atoms with van der Waals surface area (Å²) in [7, 11) is 0. The Morgan fingerprint density at radius 3 is 2.77 bits per heavy atom. The van der Waals surface area contributed by atoms with Crippen LogP contribution in [-0.2, 0) is 30.9 Å². The van der Waals surface area contributed by atoms with Crippen molar-refractivity contribution in [1.82, 2.24) is 15.8 Å². The highest BCUT2D eigenvalue weighted by Crippen LogP contribution is 2.46. The molecule has 4 atom stereocenters. The molecule has 3 aliphatic heterocycles. The van der Waals surface area contributed by atoms with E-state index in [9.17, 15) is 24.8 Å². The fourth-order valence-electron chi connectivity index (χ4n) is 6.74. The lowest BCUT2D eigenvalue weighted by molar-refractivity contribution is -0.153. The summed E-state index contributed by atoms with van der Waals surface area (Å²) >= 11 is 0. The van der Waals surface area contributed by atoms with Gasteiger partial charge in [0.2, 0.25) is 0 Å². The molecule has 1 fully saturated rings. The van der Waals surface area contributed by atoms with Crippen molar-refractivity contribution in [2.24, 2.45) is 5.92 Å². The van der Waals surface area contributed by atoms with Gasteiger partial charge in [-0.15, -0.1) is 6.58 Å². The minimum absolute atomic E-state index is 0.0229. The van der Waals surface area contributed by atoms with Crippen LogP contribution in [0.25, 0.3) is 11.1 Å². The zero-order valence-electron chi connectivity index (χ0n) is 27.7. The largest absolute Gasteiger partial charge is 0.508 e. The van der Waals surface area contributed by atoms with E-state index in [0.717, 1.165) is 22.4 Å². The predicted octanol–water partition coefficient (Wildman–Crippen LogP) is 4.73. The van der Waals surface area contributed by atoms with E-state index in [2.05, 4.69) is 40.4 Å². The smallest absolute Gasteiger partial charge is 0.408 e. The molecule has 0 aromatic heterocycles. The zero-order chi connectivity index (χ0) is 33.9. The molecule has 0 saturated carbocycles. The Balaban J connectivity index is 1.58. The number of cyclic esters (lactones) is 1. The normalized spacial score (nSPS) is 24.8. The molecular weight excluding hydrogens is 598 g/mol. The number of nitriles is 1. The summed E-state index contributed by atoms with van der Waals surface area (Å²) < 4.78 is 11.3. The number of carbonyl (C=O) groups is 3. The molecule has 47 heavy (non-hydrogen) atoms. The summed E-state index contributed by atoms with van der Waals surface area (Å²) in [4.78, 5) is 42.3. The van der Waals surface area contributed by atoms with Gasteiger partial charge in [-0.3, -0.25) is 14.6 Å². The number of hydrazine groups is 1. The number of rotatable bonds is 4. The van der Waals surface area contributed by atoms with E-state index in [1.807, 2.05) is 25.1 Å². The number of esters is 1. The number of phenolic OH excluding ortho intramolecular Hbond substituents is 1. The van der Waals surface area contributed by atoms with Crippen molar-refractivity contribution in [2.75, 3.05) is 31.1 Å². The van der Waals surface area contributed by atoms with Gasteiger partial charge in [-0.25, -0.2) is 10.2 Å². The lowest BCUT2D eigenvalue weighted by Crippen LogP contribution is -2.60. The van der Waals surface area contributed by atoms with Gasteiger partial charge in [-0.2, -0.15) is 5.26 Å². The van der Waals surface area contributed by atoms with Crippen LogP contribution in [0.3, 0.4) is 0 Å². The van der Waals surface area contributed by atoms with Crippen LogP contribution < -0.4 is 15.6 Å². The molecule has 4 unspecified atom stereocenters. The average molecular weight is 644 g/mol. The predicted molar refractivity (Wildman–Crippen MR) is 177 cm³/mol. The third-order valence-electron chi connectivity index (χ3n) is 8.94. The van der Waals surface area contributed by atoms with Crippen LogP contribution in [0.1, 0.15) is 64.5 Å². The molecule has 6 bridgehead atoms. The molecule has 1 saturated heterocycles. The summed E-state index contributed by atoms with van der Waals surface area (Å²) in [5.74, 6) is -0.876. The molecule has 0 aliphatic carbocycles. The highest BCUT2D eigenvalue weighted by Gasteiger charge is 2.41. The summed E-state index contributed by atoms with van der Waals surface area (Å²) in [5, 5.41) is 24.4. The van der Waals surface area contributed by atoms with E-state index < -0.39 is 41.1 Å². The van der Waals surface area contributed by atoms with E-state index in [0.29, 0.717) is 50.9 Å². The first-order chi connectivity index (χ1) is 22.3. The molecule has 3 N–H and O–H groups in total. The van der Waals surface area contributed by atoms with Crippen molar-refractivity contribution < 1.29 is 29.0 Å². The number of phenols is 1. The van der Waals surface area contributed by atoms with Crippen LogP contribution in [0.4, 0.5) is 10.5 Å². The first-order valence-corrected chi connectivity index (χ1v) is 16.3. The first kappa shape index (κ1) is 33.8. The Labute approximate surface area is 276 Å². The molecular formula is C36H45N5O6. The lowest BCUT2D eigenvalue weighted by Gasteiger charge is -2.35. The number of nitrogens with one attached hydrogen (secondary N) is 2. The van der Waals surface area contributed by atoms with E-state index in [1.54, 1.807) is 32.9 Å². The van der Waals surface area contributed by atoms with E-state index >= 15 is 0 Å². The van der Waals surface area contributed by atoms with Crippen molar-refractivity contribution >= 4 is 23.7 Å². The van der Waals surface area contributed by atoms with Gasteiger partial charge in [-0.1, -0.05) is 31.2 Å². The lowest BCUT2D eigenvalue weighted by atomic mass is 9.78. The van der Waals surface area contributed by atoms with Crippen molar-refractivity contribution in [3.8, 4) is 22.9 Å². The van der Waals surface area contributed by atoms with E-state index in [1.165, 1.54) is 5.01 Å². The monoisotopic (exact) mass is 643 g/mol. The molecule has 250 valence electrons. The number of hydrogen-bond donors (Lipinski definition) is 3. The van der Waals surface area contributed by atoms with Gasteiger partial charge in [0.05, 0.1) is 12.7 Å². The Hall–Kier alpha value is -4.56. The minimum Gasteiger partial charge on any atom is -0.508 e. The van der Waals surface area contributed by atoms with Crippen LogP contribution >= 0.6 is 0 Å². The van der Waals surface area contributed by atoms with Gasteiger partial charge in [0.15, 0.2) is 0 Å². The van der Waals surface area contributed by atoms with Crippen LogP contribution in [0.15, 0.2) is 49.1 Å². The van der Waals surface area contributed by atoms with E-state index in [-0.39, 0.29) is 24.7 Å². The van der Waals surface area contributed by atoms with Crippen LogP contribution in [0.5, 0.6) is 5.75 Å². The number of amides is 2. The van der Waals surface area contributed by atoms with Crippen molar-refractivity contribution in [1.29, 1.82) is 5.26 Å². The summed E-state index contributed by atoms with van der Waals surface area (Å²) in [6.07, 6.45) is 3.33. The van der Waals surface area contributed by atoms with Gasteiger partial charge in [0.25, 0.3) is 5.91 Å². The molecule has 2 aromatic carbocycles. The standard InChI is InChI=1S/C36H45N5O6/c1-6-36(12-8-13-37)22-40-20-23(2)21-46-33(44)29-9-7-14-41(39-29)32(43)30(38-34(45)47-35(3,4)5)17-24-15-26(18-27(42)16-24)25-10-11-28(36)31(40)19-25/h6,10-11,15-16,18-19,23,29-30,39,42H,1,7-9,12,14,17,20-22H2,2-5H3,(H,38,45). The Kier molecular flexibility index (Phi) is 9.82. The number of fused-ring (bicyclic) bond motifs is 6. The molecule has 0 spiro atoms. The number of hydrogen-bond acceptors (Lipinski definition) is 9. The Morgan fingerprint density at radius 2 is 2.04 bits per heavy atom. The second kappa shape index (κ2) is 13.7. The summed E-state index contributed by atoms with van der Waals surface area (Å²) in [6.45, 7) is 13.2. The molecule has 11 nitrogen and oxygen atoms in total. The fourth-order valence-corrected chi connectivity index (χ4v) is 6.74. The number of alkyl carbamates (subject to hydrolysis) is 1. The zero-order valence-corrected chi connectivity index (χ0v) is 27.7. The van der Waals surface area contributed by atoms with Crippen molar-refractivity contribution in [3.05, 3.63) is 60.2 Å². The molecule has 3 aliphatic rings. The van der Waals surface area contributed by atoms with Crippen LogP contribution in [-0.4, -0.2) is 72.0 Å². The maximum absolute atomic E-state index is 13.9. The van der Waals surface area contributed by atoms with Gasteiger partial charge < -0.3 is 24.8 Å². The van der Waals surface area contributed by atoms with E-state index in [4.69, 9.17) is 9.47 Å². The average Bonchev–Trinajstić information content (AvgIpc) is 3.33. The fraction of sp³-hybridized carbons (Fsp3) is 0.500. The summed E-state index contributed by atoms with van der Waals surface area (Å²) in [5.41, 5.74) is 6.13. The molecule has 2 amide bonds. The maximum Gasteiger partial charge on any atom is 0.408 e. The van der Waals surface area contributed by atoms with Crippen molar-refractivity contribution in [2.45, 2.75) is 82.9 Å². The van der Waals surface area contributed by atoms with Gasteiger partial charge in [0.1, 0.15) is 23.4 Å². The second-order valence-corrected chi connectivity index (χ2v) is 14.0. The van der Waals surface area contributed by atoms with Crippen LogP contribution in [0, 0.1) is 17.2 Å². The van der Waals surface area contributed by atoms with Crippen molar-refractivity contribution in [3.63, 3.8) is 0 Å². The number of benzene rings is 2. The molecule has 11 heteroatoms. The molecule has 0 radical (unpaired) electrons. The van der Waals surface area contributed by atoms with Gasteiger partial charge in [0, 0.05) is 49.5 Å². The highest BCUT2D eigenvalue weighted by atomic mass is 16.6. The molecule has 3 heterocycles. The van der Waals surface area contributed by atoms with Crippen LogP contribution in [0.2, 0.25) is 0 Å². The number of nitrogens with zero attached hydrogens (tertiary/aromatic N) is 3. The first-order valence-electron chi connectivity index (χ1n) is 16.3. The SMILES string of the molecule is C=CC1(CCC#N)CN2CC(C)COC(=O)C3CCCN(N3)C(=O)C(NC(=O)OC(C)(C)C)Cc3cc(O)cc(c3)-c3ccc1c2c3. The number of anilines is 1. The quantitative estimate of drug-likeness (QED) is 0.318. The Bertz CT molecular complexity index is 1580. The maximum atomic E-state index is 13.9. The minimum atomic E-state index is -1.05.